The van der Waals surface area contributed by atoms with Gasteiger partial charge >= 0.3 is 5.97 Å². The van der Waals surface area contributed by atoms with E-state index >= 15 is 0 Å². The Morgan fingerprint density at radius 1 is 0.971 bits per heavy atom. The summed E-state index contributed by atoms with van der Waals surface area (Å²) in [6.45, 7) is 1.93. The Bertz CT molecular complexity index is 1310. The molecule has 1 aromatic carbocycles. The maximum Gasteiger partial charge on any atom is 0.306 e. The van der Waals surface area contributed by atoms with Crippen LogP contribution in [-0.2, 0) is 14.8 Å². The molecule has 1 fully saturated rings. The molecular weight excluding hydrogens is 476 g/mol. The second-order valence-corrected chi connectivity index (χ2v) is 10.4. The number of hydrogen-bond donors (Lipinski definition) is 3. The van der Waals surface area contributed by atoms with Crippen molar-refractivity contribution >= 4 is 39.2 Å². The molecule has 0 radical (unpaired) electrons. The number of aryl methyl sites for hydroxylation is 1. The number of sulfonamides is 1. The highest BCUT2D eigenvalue weighted by Gasteiger charge is 2.26. The number of rotatable bonds is 7. The van der Waals surface area contributed by atoms with E-state index in [9.17, 15) is 13.2 Å². The quantitative estimate of drug-likeness (QED) is 0.419. The highest BCUT2D eigenvalue weighted by Crippen LogP contribution is 2.30. The molecule has 2 heterocycles. The lowest BCUT2D eigenvalue weighted by molar-refractivity contribution is -0.142. The molecule has 1 aliphatic rings. The number of anilines is 2. The monoisotopic (exact) mass is 500 g/mol. The Balaban J connectivity index is 1.51. The van der Waals surface area contributed by atoms with Crippen LogP contribution in [0.3, 0.4) is 0 Å². The predicted molar refractivity (Wildman–Crippen MR) is 131 cm³/mol. The van der Waals surface area contributed by atoms with Gasteiger partial charge < -0.3 is 10.4 Å². The summed E-state index contributed by atoms with van der Waals surface area (Å²) >= 11 is 6.34. The molecule has 0 saturated heterocycles. The minimum Gasteiger partial charge on any atom is -0.481 e. The first-order valence-electron chi connectivity index (χ1n) is 10.9. The molecule has 0 aliphatic heterocycles. The molecule has 3 N–H and O–H groups in total. The molecule has 34 heavy (non-hydrogen) atoms. The van der Waals surface area contributed by atoms with E-state index < -0.39 is 16.0 Å². The van der Waals surface area contributed by atoms with Gasteiger partial charge in [0.15, 0.2) is 5.03 Å². The van der Waals surface area contributed by atoms with Gasteiger partial charge in [-0.05, 0) is 62.4 Å². The fourth-order valence-corrected chi connectivity index (χ4v) is 5.23. The van der Waals surface area contributed by atoms with Gasteiger partial charge in [0.2, 0.25) is 0 Å². The van der Waals surface area contributed by atoms with Crippen molar-refractivity contribution in [2.45, 2.75) is 43.7 Å². The van der Waals surface area contributed by atoms with E-state index in [0.29, 0.717) is 42.2 Å². The van der Waals surface area contributed by atoms with E-state index in [-0.39, 0.29) is 22.8 Å². The zero-order valence-electron chi connectivity index (χ0n) is 18.5. The lowest BCUT2D eigenvalue weighted by Crippen LogP contribution is -2.29. The second kappa shape index (κ2) is 9.99. The van der Waals surface area contributed by atoms with Crippen LogP contribution in [0.4, 0.5) is 11.6 Å². The van der Waals surface area contributed by atoms with Gasteiger partial charge in [0.05, 0.1) is 16.6 Å². The summed E-state index contributed by atoms with van der Waals surface area (Å²) in [5.74, 6) is -0.531. The topological polar surface area (TPSA) is 121 Å². The lowest BCUT2D eigenvalue weighted by Gasteiger charge is -2.27. The number of carboxylic acids is 1. The van der Waals surface area contributed by atoms with Crippen LogP contribution >= 0.6 is 11.6 Å². The van der Waals surface area contributed by atoms with Gasteiger partial charge in [-0.2, -0.15) is 8.42 Å². The molecule has 0 amide bonds. The van der Waals surface area contributed by atoms with Crippen LogP contribution in [0.5, 0.6) is 0 Å². The molecule has 4 rings (SSSR count). The van der Waals surface area contributed by atoms with Crippen LogP contribution in [0.2, 0.25) is 5.02 Å². The average molecular weight is 501 g/mol. The lowest BCUT2D eigenvalue weighted by atomic mass is 9.86. The number of benzene rings is 1. The molecule has 0 bridgehead atoms. The normalized spacial score (nSPS) is 18.3. The number of aliphatic carboxylic acids is 1. The summed E-state index contributed by atoms with van der Waals surface area (Å²) in [5.41, 5.74) is 2.27. The summed E-state index contributed by atoms with van der Waals surface area (Å²) in [7, 11) is -4.00. The van der Waals surface area contributed by atoms with Crippen molar-refractivity contribution in [1.82, 2.24) is 9.97 Å². The number of hydrogen-bond acceptors (Lipinski definition) is 6. The van der Waals surface area contributed by atoms with Gasteiger partial charge in [-0.15, -0.1) is 0 Å². The van der Waals surface area contributed by atoms with Gasteiger partial charge in [-0.1, -0.05) is 41.9 Å². The van der Waals surface area contributed by atoms with E-state index in [1.807, 2.05) is 31.2 Å². The molecule has 178 valence electrons. The summed E-state index contributed by atoms with van der Waals surface area (Å²) in [4.78, 5) is 19.8. The van der Waals surface area contributed by atoms with Crippen molar-refractivity contribution in [2.24, 2.45) is 5.92 Å². The average Bonchev–Trinajstić information content (AvgIpc) is 2.81. The first-order chi connectivity index (χ1) is 16.2. The number of nitrogens with one attached hydrogen (secondary N) is 2. The van der Waals surface area contributed by atoms with Crippen LogP contribution in [0.1, 0.15) is 31.2 Å². The zero-order chi connectivity index (χ0) is 24.3. The summed E-state index contributed by atoms with van der Waals surface area (Å²) in [6, 6.07) is 15.5. The fraction of sp³-hybridized carbons (Fsp3) is 0.292. The summed E-state index contributed by atoms with van der Waals surface area (Å²) < 4.78 is 28.5. The molecule has 0 unspecified atom stereocenters. The number of halogens is 1. The second-order valence-electron chi connectivity index (χ2n) is 8.34. The molecule has 2 aromatic heterocycles. The van der Waals surface area contributed by atoms with Crippen LogP contribution < -0.4 is 10.0 Å². The number of carbonyl (C=O) groups is 1. The van der Waals surface area contributed by atoms with Crippen molar-refractivity contribution in [1.29, 1.82) is 0 Å². The predicted octanol–water partition coefficient (Wildman–Crippen LogP) is 4.96. The molecule has 0 atom stereocenters. The van der Waals surface area contributed by atoms with Gasteiger partial charge in [0.25, 0.3) is 10.0 Å². The first kappa shape index (κ1) is 24.0. The third-order valence-electron chi connectivity index (χ3n) is 5.91. The van der Waals surface area contributed by atoms with Gasteiger partial charge in [0, 0.05) is 11.6 Å². The van der Waals surface area contributed by atoms with E-state index in [0.717, 1.165) is 11.1 Å². The fourth-order valence-electron chi connectivity index (χ4n) is 4.06. The van der Waals surface area contributed by atoms with Gasteiger partial charge in [0.1, 0.15) is 11.6 Å². The van der Waals surface area contributed by atoms with Crippen molar-refractivity contribution in [2.75, 3.05) is 10.0 Å². The van der Waals surface area contributed by atoms with E-state index in [1.165, 1.54) is 12.1 Å². The van der Waals surface area contributed by atoms with Gasteiger partial charge in [-0.3, -0.25) is 9.52 Å². The Kier molecular flexibility index (Phi) is 7.04. The van der Waals surface area contributed by atoms with Crippen molar-refractivity contribution < 1.29 is 18.3 Å². The third kappa shape index (κ3) is 5.48. The van der Waals surface area contributed by atoms with Crippen molar-refractivity contribution in [3.05, 3.63) is 65.2 Å². The van der Waals surface area contributed by atoms with E-state index in [2.05, 4.69) is 20.0 Å². The Morgan fingerprint density at radius 2 is 1.71 bits per heavy atom. The number of aromatic nitrogens is 2. The van der Waals surface area contributed by atoms with Crippen LogP contribution in [0.25, 0.3) is 11.3 Å². The maximum absolute atomic E-state index is 13.0. The van der Waals surface area contributed by atoms with E-state index in [1.54, 1.807) is 18.2 Å². The number of nitrogens with zero attached hydrogens (tertiary/aromatic N) is 2. The first-order valence-corrected chi connectivity index (χ1v) is 12.8. The largest absolute Gasteiger partial charge is 0.481 e. The van der Waals surface area contributed by atoms with Crippen LogP contribution in [0, 0.1) is 12.8 Å². The Morgan fingerprint density at radius 3 is 2.41 bits per heavy atom. The van der Waals surface area contributed by atoms with E-state index in [4.69, 9.17) is 16.7 Å². The number of pyridine rings is 2. The van der Waals surface area contributed by atoms with Crippen molar-refractivity contribution in [3.63, 3.8) is 0 Å². The molecular formula is C24H25ClN4O4S. The third-order valence-corrected chi connectivity index (χ3v) is 7.47. The molecule has 3 aromatic rings. The smallest absolute Gasteiger partial charge is 0.306 e. The Hall–Kier alpha value is -3.17. The zero-order valence-corrected chi connectivity index (χ0v) is 20.1. The highest BCUT2D eigenvalue weighted by atomic mass is 35.5. The maximum atomic E-state index is 13.0. The van der Waals surface area contributed by atoms with Crippen LogP contribution in [0.15, 0.2) is 59.6 Å². The van der Waals surface area contributed by atoms with Gasteiger partial charge in [-0.25, -0.2) is 9.97 Å². The van der Waals surface area contributed by atoms with Crippen LogP contribution in [-0.4, -0.2) is 35.5 Å². The minimum atomic E-state index is -4.00. The summed E-state index contributed by atoms with van der Waals surface area (Å²) in [5, 5.41) is 12.7. The van der Waals surface area contributed by atoms with Crippen molar-refractivity contribution in [3.8, 4) is 11.3 Å². The minimum absolute atomic E-state index is 0.0450. The molecule has 1 saturated carbocycles. The molecule has 1 aliphatic carbocycles. The molecule has 0 spiro atoms. The Labute approximate surface area is 203 Å². The molecule has 8 nitrogen and oxygen atoms in total. The number of carboxylic acid groups (broad SMARTS) is 1. The SMILES string of the molecule is Cc1ccccc1-c1nc(NS(=O)(=O)c2cccc(NC3CCC(C(=O)O)CC3)n2)ccc1Cl. The summed E-state index contributed by atoms with van der Waals surface area (Å²) in [6.07, 6.45) is 2.53. The molecule has 10 heteroatoms. The highest BCUT2D eigenvalue weighted by molar-refractivity contribution is 7.92. The standard InChI is InChI=1S/C24H25ClN4O4S/c1-15-5-2-3-6-18(15)23-19(25)13-14-21(28-23)29-34(32,33)22-8-4-7-20(27-22)26-17-11-9-16(10-12-17)24(30)31/h2-8,13-14,16-17H,9-12H2,1H3,(H,26,27)(H,28,29)(H,30,31).